The molecule has 0 saturated carbocycles. The average molecular weight is 237 g/mol. The maximum Gasteiger partial charge on any atom is 0.123 e. The number of rotatable bonds is 4. The lowest BCUT2D eigenvalue weighted by atomic mass is 9.92. The van der Waals surface area contributed by atoms with Crippen LogP contribution in [0.4, 0.5) is 4.39 Å². The average Bonchev–Trinajstić information content (AvgIpc) is 2.75. The van der Waals surface area contributed by atoms with Crippen molar-refractivity contribution in [3.05, 3.63) is 35.6 Å². The molecule has 1 aromatic rings. The van der Waals surface area contributed by atoms with E-state index in [1.165, 1.54) is 17.7 Å². The minimum absolute atomic E-state index is 0.174. The third-order valence-electron chi connectivity index (χ3n) is 3.54. The molecule has 2 nitrogen and oxygen atoms in total. The predicted molar refractivity (Wildman–Crippen MR) is 66.5 cm³/mol. The number of likely N-dealkylation sites (N-methyl/N-ethyl adjacent to an activating group) is 1. The van der Waals surface area contributed by atoms with Gasteiger partial charge in [-0.3, -0.25) is 0 Å². The first-order valence-corrected chi connectivity index (χ1v) is 6.22. The molecule has 0 aromatic heterocycles. The number of hydrogen-bond donors (Lipinski definition) is 1. The molecule has 1 fully saturated rings. The largest absolute Gasteiger partial charge is 0.378 e. The minimum Gasteiger partial charge on any atom is -0.378 e. The molecular weight excluding hydrogens is 217 g/mol. The summed E-state index contributed by atoms with van der Waals surface area (Å²) in [5, 5.41) is 3.35. The second kappa shape index (κ2) is 5.61. The summed E-state index contributed by atoms with van der Waals surface area (Å²) in [6.07, 6.45) is 2.40. The number of ether oxygens (including phenoxy) is 1. The number of nitrogens with one attached hydrogen (secondary N) is 1. The molecule has 0 spiro atoms. The molecule has 0 radical (unpaired) electrons. The molecule has 3 heteroatoms. The zero-order chi connectivity index (χ0) is 12.3. The maximum absolute atomic E-state index is 12.8. The van der Waals surface area contributed by atoms with E-state index < -0.39 is 0 Å². The monoisotopic (exact) mass is 237 g/mol. The molecule has 94 valence electrons. The van der Waals surface area contributed by atoms with Gasteiger partial charge < -0.3 is 10.1 Å². The fraction of sp³-hybridized carbons (Fsp3) is 0.571. The highest BCUT2D eigenvalue weighted by Gasteiger charge is 2.28. The summed E-state index contributed by atoms with van der Waals surface area (Å²) in [5.74, 6) is 0.382. The maximum atomic E-state index is 12.8. The molecule has 1 aliphatic heterocycles. The van der Waals surface area contributed by atoms with Gasteiger partial charge in [0.1, 0.15) is 5.82 Å². The molecule has 17 heavy (non-hydrogen) atoms. The van der Waals surface area contributed by atoms with Crippen molar-refractivity contribution in [1.29, 1.82) is 0 Å². The quantitative estimate of drug-likeness (QED) is 0.868. The third kappa shape index (κ3) is 3.27. The molecule has 3 unspecified atom stereocenters. The number of benzene rings is 1. The van der Waals surface area contributed by atoms with E-state index in [0.29, 0.717) is 18.1 Å². The molecule has 3 atom stereocenters. The van der Waals surface area contributed by atoms with Crippen LogP contribution in [0.3, 0.4) is 0 Å². The van der Waals surface area contributed by atoms with Gasteiger partial charge in [-0.1, -0.05) is 12.1 Å². The summed E-state index contributed by atoms with van der Waals surface area (Å²) in [4.78, 5) is 0. The van der Waals surface area contributed by atoms with Crippen LogP contribution in [0.1, 0.15) is 18.9 Å². The van der Waals surface area contributed by atoms with E-state index in [1.54, 1.807) is 0 Å². The van der Waals surface area contributed by atoms with E-state index in [0.717, 1.165) is 19.4 Å². The van der Waals surface area contributed by atoms with Crippen LogP contribution in [0.25, 0.3) is 0 Å². The molecular formula is C14H20FNO. The molecule has 2 rings (SSSR count). The zero-order valence-corrected chi connectivity index (χ0v) is 10.4. The standard InChI is InChI=1S/C14H20FNO/c1-10-7-12(9-17-10)14(16-2)8-11-3-5-13(15)6-4-11/h3-6,10,12,14,16H,7-9H2,1-2H3. The number of halogens is 1. The fourth-order valence-corrected chi connectivity index (χ4v) is 2.51. The summed E-state index contributed by atoms with van der Waals surface area (Å²) in [6, 6.07) is 7.18. The van der Waals surface area contributed by atoms with Crippen LogP contribution in [0, 0.1) is 11.7 Å². The summed E-state index contributed by atoms with van der Waals surface area (Å²) in [5.41, 5.74) is 1.17. The minimum atomic E-state index is -0.174. The summed E-state index contributed by atoms with van der Waals surface area (Å²) in [7, 11) is 1.98. The van der Waals surface area contributed by atoms with E-state index in [1.807, 2.05) is 19.2 Å². The Morgan fingerprint density at radius 1 is 1.41 bits per heavy atom. The highest BCUT2D eigenvalue weighted by atomic mass is 19.1. The second-order valence-electron chi connectivity index (χ2n) is 4.87. The molecule has 1 aliphatic rings. The Hall–Kier alpha value is -0.930. The van der Waals surface area contributed by atoms with Crippen LogP contribution in [0.2, 0.25) is 0 Å². The third-order valence-corrected chi connectivity index (χ3v) is 3.54. The Bertz CT molecular complexity index is 352. The first kappa shape index (κ1) is 12.5. The van der Waals surface area contributed by atoms with Gasteiger partial charge >= 0.3 is 0 Å². The Kier molecular flexibility index (Phi) is 4.13. The lowest BCUT2D eigenvalue weighted by Crippen LogP contribution is -2.36. The summed E-state index contributed by atoms with van der Waals surface area (Å²) < 4.78 is 18.4. The van der Waals surface area contributed by atoms with Crippen molar-refractivity contribution in [3.8, 4) is 0 Å². The first-order chi connectivity index (χ1) is 8.19. The van der Waals surface area contributed by atoms with Gasteiger partial charge in [0.2, 0.25) is 0 Å². The molecule has 1 aromatic carbocycles. The van der Waals surface area contributed by atoms with Gasteiger partial charge in [-0.25, -0.2) is 4.39 Å². The Morgan fingerprint density at radius 2 is 2.12 bits per heavy atom. The van der Waals surface area contributed by atoms with Crippen molar-refractivity contribution in [2.45, 2.75) is 31.9 Å². The molecule has 1 heterocycles. The van der Waals surface area contributed by atoms with Crippen LogP contribution in [0.5, 0.6) is 0 Å². The number of hydrogen-bond acceptors (Lipinski definition) is 2. The van der Waals surface area contributed by atoms with Gasteiger partial charge in [-0.05, 0) is 44.5 Å². The zero-order valence-electron chi connectivity index (χ0n) is 10.4. The van der Waals surface area contributed by atoms with Crippen molar-refractivity contribution in [1.82, 2.24) is 5.32 Å². The van der Waals surface area contributed by atoms with Gasteiger partial charge in [-0.2, -0.15) is 0 Å². The van der Waals surface area contributed by atoms with Gasteiger partial charge in [0.05, 0.1) is 12.7 Å². The molecule has 0 amide bonds. The van der Waals surface area contributed by atoms with Crippen molar-refractivity contribution in [2.75, 3.05) is 13.7 Å². The summed E-state index contributed by atoms with van der Waals surface area (Å²) in [6.45, 7) is 2.94. The summed E-state index contributed by atoms with van der Waals surface area (Å²) >= 11 is 0. The van der Waals surface area contributed by atoms with Gasteiger partial charge in [0.25, 0.3) is 0 Å². The first-order valence-electron chi connectivity index (χ1n) is 6.22. The highest BCUT2D eigenvalue weighted by Crippen LogP contribution is 2.24. The lowest BCUT2D eigenvalue weighted by Gasteiger charge is -2.22. The van der Waals surface area contributed by atoms with Gasteiger partial charge in [0.15, 0.2) is 0 Å². The molecule has 1 N–H and O–H groups in total. The van der Waals surface area contributed by atoms with Crippen LogP contribution in [0.15, 0.2) is 24.3 Å². The SMILES string of the molecule is CNC(Cc1ccc(F)cc1)C1COC(C)C1. The van der Waals surface area contributed by atoms with Crippen molar-refractivity contribution in [3.63, 3.8) is 0 Å². The van der Waals surface area contributed by atoms with Gasteiger partial charge in [0, 0.05) is 12.0 Å². The van der Waals surface area contributed by atoms with E-state index in [-0.39, 0.29) is 5.82 Å². The Balaban J connectivity index is 1.97. The van der Waals surface area contributed by atoms with Gasteiger partial charge in [-0.15, -0.1) is 0 Å². The van der Waals surface area contributed by atoms with Crippen LogP contribution >= 0.6 is 0 Å². The van der Waals surface area contributed by atoms with Crippen LogP contribution in [-0.2, 0) is 11.2 Å². The van der Waals surface area contributed by atoms with Crippen LogP contribution < -0.4 is 5.32 Å². The fourth-order valence-electron chi connectivity index (χ4n) is 2.51. The van der Waals surface area contributed by atoms with E-state index in [2.05, 4.69) is 12.2 Å². The predicted octanol–water partition coefficient (Wildman–Crippen LogP) is 2.38. The van der Waals surface area contributed by atoms with E-state index in [4.69, 9.17) is 4.74 Å². The second-order valence-corrected chi connectivity index (χ2v) is 4.87. The Labute approximate surface area is 102 Å². The van der Waals surface area contributed by atoms with Crippen molar-refractivity contribution < 1.29 is 9.13 Å². The topological polar surface area (TPSA) is 21.3 Å². The van der Waals surface area contributed by atoms with Crippen molar-refractivity contribution >= 4 is 0 Å². The highest BCUT2D eigenvalue weighted by molar-refractivity contribution is 5.17. The normalized spacial score (nSPS) is 26.1. The molecule has 0 bridgehead atoms. The Morgan fingerprint density at radius 3 is 2.65 bits per heavy atom. The van der Waals surface area contributed by atoms with E-state index in [9.17, 15) is 4.39 Å². The molecule has 0 aliphatic carbocycles. The van der Waals surface area contributed by atoms with Crippen LogP contribution in [-0.4, -0.2) is 25.8 Å². The lowest BCUT2D eigenvalue weighted by molar-refractivity contribution is 0.117. The van der Waals surface area contributed by atoms with Crippen molar-refractivity contribution in [2.24, 2.45) is 5.92 Å². The smallest absolute Gasteiger partial charge is 0.123 e. The molecule has 1 saturated heterocycles. The van der Waals surface area contributed by atoms with E-state index >= 15 is 0 Å².